The Morgan fingerprint density at radius 2 is 2.24 bits per heavy atom. The van der Waals surface area contributed by atoms with Crippen LogP contribution in [-0.2, 0) is 6.42 Å². The van der Waals surface area contributed by atoms with Crippen molar-refractivity contribution in [2.24, 2.45) is 23.5 Å². The van der Waals surface area contributed by atoms with Crippen LogP contribution in [0.5, 0.6) is 0 Å². The maximum absolute atomic E-state index is 5.93. The van der Waals surface area contributed by atoms with Crippen molar-refractivity contribution in [3.8, 4) is 0 Å². The Morgan fingerprint density at radius 1 is 1.35 bits per heavy atom. The molecule has 2 heteroatoms. The minimum Gasteiger partial charge on any atom is -0.330 e. The molecule has 2 rings (SSSR count). The summed E-state index contributed by atoms with van der Waals surface area (Å²) in [4.78, 5) is 0. The van der Waals surface area contributed by atoms with Crippen LogP contribution in [0.4, 0.5) is 0 Å². The van der Waals surface area contributed by atoms with E-state index in [-0.39, 0.29) is 0 Å². The molecule has 1 fully saturated rings. The second-order valence-corrected chi connectivity index (χ2v) is 6.29. The van der Waals surface area contributed by atoms with E-state index in [4.69, 9.17) is 5.73 Å². The summed E-state index contributed by atoms with van der Waals surface area (Å²) in [6.07, 6.45) is 8.14. The Balaban J connectivity index is 1.86. The zero-order valence-electron chi connectivity index (χ0n) is 10.9. The van der Waals surface area contributed by atoms with Crippen LogP contribution in [0.3, 0.4) is 0 Å². The first-order valence-electron chi connectivity index (χ1n) is 7.04. The fraction of sp³-hybridized carbons (Fsp3) is 0.733. The molecule has 96 valence electrons. The largest absolute Gasteiger partial charge is 0.330 e. The van der Waals surface area contributed by atoms with Crippen molar-refractivity contribution in [3.05, 3.63) is 22.4 Å². The molecular formula is C15H25NS. The summed E-state index contributed by atoms with van der Waals surface area (Å²) >= 11 is 1.81. The first-order chi connectivity index (χ1) is 8.33. The lowest BCUT2D eigenvalue weighted by Crippen LogP contribution is -2.30. The van der Waals surface area contributed by atoms with Gasteiger partial charge in [0.1, 0.15) is 0 Å². The molecule has 0 spiro atoms. The summed E-state index contributed by atoms with van der Waals surface area (Å²) in [5.41, 5.74) is 7.45. The highest BCUT2D eigenvalue weighted by atomic mass is 32.1. The maximum Gasteiger partial charge on any atom is -0.00462 e. The molecule has 1 aromatic heterocycles. The third-order valence-electron chi connectivity index (χ3n) is 4.51. The van der Waals surface area contributed by atoms with Crippen LogP contribution in [0.1, 0.15) is 44.6 Å². The topological polar surface area (TPSA) is 26.0 Å². The van der Waals surface area contributed by atoms with Crippen molar-refractivity contribution in [2.75, 3.05) is 6.54 Å². The van der Waals surface area contributed by atoms with Gasteiger partial charge >= 0.3 is 0 Å². The summed E-state index contributed by atoms with van der Waals surface area (Å²) in [6.45, 7) is 3.23. The highest BCUT2D eigenvalue weighted by Crippen LogP contribution is 2.37. The SMILES string of the molecule is CCC1CCC(CN)C(CCc2ccsc2)C1. The van der Waals surface area contributed by atoms with Gasteiger partial charge in [-0.25, -0.2) is 0 Å². The van der Waals surface area contributed by atoms with Crippen LogP contribution in [0.15, 0.2) is 16.8 Å². The third-order valence-corrected chi connectivity index (χ3v) is 5.24. The normalized spacial score (nSPS) is 29.4. The number of thiophene rings is 1. The van der Waals surface area contributed by atoms with Crippen LogP contribution in [0.25, 0.3) is 0 Å². The summed E-state index contributed by atoms with van der Waals surface area (Å²) < 4.78 is 0. The van der Waals surface area contributed by atoms with Gasteiger partial charge in [0.25, 0.3) is 0 Å². The van der Waals surface area contributed by atoms with E-state index in [0.717, 1.165) is 24.3 Å². The smallest absolute Gasteiger partial charge is 0.00462 e. The highest BCUT2D eigenvalue weighted by molar-refractivity contribution is 7.07. The van der Waals surface area contributed by atoms with E-state index in [1.54, 1.807) is 0 Å². The van der Waals surface area contributed by atoms with Crippen LogP contribution in [0.2, 0.25) is 0 Å². The minimum atomic E-state index is 0.788. The Hall–Kier alpha value is -0.340. The summed E-state index contributed by atoms with van der Waals surface area (Å²) in [5, 5.41) is 4.48. The Bertz CT molecular complexity index is 307. The predicted octanol–water partition coefficient (Wildman–Crippen LogP) is 4.08. The van der Waals surface area contributed by atoms with Gasteiger partial charge in [-0.2, -0.15) is 11.3 Å². The Kier molecular flexibility index (Phi) is 5.05. The van der Waals surface area contributed by atoms with Crippen molar-refractivity contribution in [1.82, 2.24) is 0 Å². The molecular weight excluding hydrogens is 226 g/mol. The number of aryl methyl sites for hydroxylation is 1. The summed E-state index contributed by atoms with van der Waals surface area (Å²) in [7, 11) is 0. The molecule has 0 aliphatic heterocycles. The van der Waals surface area contributed by atoms with Crippen LogP contribution in [0, 0.1) is 17.8 Å². The molecule has 17 heavy (non-hydrogen) atoms. The lowest BCUT2D eigenvalue weighted by molar-refractivity contribution is 0.171. The van der Waals surface area contributed by atoms with Gasteiger partial charge in [0.2, 0.25) is 0 Å². The second kappa shape index (κ2) is 6.55. The van der Waals surface area contributed by atoms with E-state index in [2.05, 4.69) is 23.8 Å². The molecule has 1 aromatic rings. The summed E-state index contributed by atoms with van der Waals surface area (Å²) in [5.74, 6) is 2.63. The summed E-state index contributed by atoms with van der Waals surface area (Å²) in [6, 6.07) is 2.27. The van der Waals surface area contributed by atoms with Crippen molar-refractivity contribution < 1.29 is 0 Å². The molecule has 3 atom stereocenters. The Morgan fingerprint density at radius 3 is 2.88 bits per heavy atom. The van der Waals surface area contributed by atoms with E-state index in [1.165, 1.54) is 44.1 Å². The second-order valence-electron chi connectivity index (χ2n) is 5.51. The molecule has 1 nitrogen and oxygen atoms in total. The van der Waals surface area contributed by atoms with Gasteiger partial charge in [-0.1, -0.05) is 19.8 Å². The van der Waals surface area contributed by atoms with E-state index in [0.29, 0.717) is 0 Å². The van der Waals surface area contributed by atoms with Crippen molar-refractivity contribution in [2.45, 2.75) is 45.4 Å². The van der Waals surface area contributed by atoms with Gasteiger partial charge in [0.05, 0.1) is 0 Å². The quantitative estimate of drug-likeness (QED) is 0.838. The highest BCUT2D eigenvalue weighted by Gasteiger charge is 2.28. The average molecular weight is 251 g/mol. The number of nitrogens with two attached hydrogens (primary N) is 1. The van der Waals surface area contributed by atoms with Gasteiger partial charge in [-0.3, -0.25) is 0 Å². The van der Waals surface area contributed by atoms with E-state index < -0.39 is 0 Å². The van der Waals surface area contributed by atoms with Gasteiger partial charge < -0.3 is 5.73 Å². The van der Waals surface area contributed by atoms with E-state index in [9.17, 15) is 0 Å². The predicted molar refractivity (Wildman–Crippen MR) is 76.3 cm³/mol. The van der Waals surface area contributed by atoms with Crippen molar-refractivity contribution in [3.63, 3.8) is 0 Å². The first-order valence-corrected chi connectivity index (χ1v) is 7.98. The molecule has 1 heterocycles. The van der Waals surface area contributed by atoms with E-state index in [1.807, 2.05) is 11.3 Å². The first kappa shape index (κ1) is 13.1. The zero-order valence-corrected chi connectivity index (χ0v) is 11.7. The molecule has 1 aliphatic carbocycles. The van der Waals surface area contributed by atoms with Crippen LogP contribution < -0.4 is 5.73 Å². The lowest BCUT2D eigenvalue weighted by atomic mass is 9.71. The maximum atomic E-state index is 5.93. The standard InChI is InChI=1S/C15H25NS/c1-2-12-3-6-15(10-16)14(9-12)5-4-13-7-8-17-11-13/h7-8,11-12,14-15H,2-6,9-10,16H2,1H3. The van der Waals surface area contributed by atoms with Crippen LogP contribution in [-0.4, -0.2) is 6.54 Å². The molecule has 0 bridgehead atoms. The zero-order chi connectivity index (χ0) is 12.1. The molecule has 0 amide bonds. The molecule has 0 aromatic carbocycles. The fourth-order valence-electron chi connectivity index (χ4n) is 3.25. The number of rotatable bonds is 5. The monoisotopic (exact) mass is 251 g/mol. The van der Waals surface area contributed by atoms with Crippen LogP contribution >= 0.6 is 11.3 Å². The number of hydrogen-bond acceptors (Lipinski definition) is 2. The van der Waals surface area contributed by atoms with Gasteiger partial charge in [-0.05, 0) is 72.4 Å². The van der Waals surface area contributed by atoms with Crippen molar-refractivity contribution >= 4 is 11.3 Å². The molecule has 1 saturated carbocycles. The van der Waals surface area contributed by atoms with Crippen molar-refractivity contribution in [1.29, 1.82) is 0 Å². The molecule has 2 N–H and O–H groups in total. The average Bonchev–Trinajstić information content (AvgIpc) is 2.89. The van der Waals surface area contributed by atoms with Gasteiger partial charge in [-0.15, -0.1) is 0 Å². The Labute approximate surface area is 109 Å². The lowest BCUT2D eigenvalue weighted by Gasteiger charge is -2.35. The van der Waals surface area contributed by atoms with Gasteiger partial charge in [0.15, 0.2) is 0 Å². The molecule has 3 unspecified atom stereocenters. The third kappa shape index (κ3) is 3.56. The fourth-order valence-corrected chi connectivity index (χ4v) is 3.95. The van der Waals surface area contributed by atoms with Gasteiger partial charge in [0, 0.05) is 0 Å². The molecule has 0 saturated heterocycles. The molecule has 0 radical (unpaired) electrons. The molecule has 1 aliphatic rings. The van der Waals surface area contributed by atoms with E-state index >= 15 is 0 Å². The minimum absolute atomic E-state index is 0.788. The number of hydrogen-bond donors (Lipinski definition) is 1.